The van der Waals surface area contributed by atoms with E-state index in [1.807, 2.05) is 0 Å². The molecule has 0 aliphatic carbocycles. The highest BCUT2D eigenvalue weighted by atomic mass is 32.2. The number of benzene rings is 2. The molecule has 0 bridgehead atoms. The number of sulfonamides is 1. The van der Waals surface area contributed by atoms with Gasteiger partial charge in [0.1, 0.15) is 22.3 Å². The van der Waals surface area contributed by atoms with Gasteiger partial charge in [-0.15, -0.1) is 0 Å². The molecule has 0 N–H and O–H groups in total. The summed E-state index contributed by atoms with van der Waals surface area (Å²) in [6.45, 7) is 1.64. The van der Waals surface area contributed by atoms with Gasteiger partial charge in [0.25, 0.3) is 5.91 Å². The van der Waals surface area contributed by atoms with E-state index >= 15 is 0 Å². The van der Waals surface area contributed by atoms with Gasteiger partial charge in [0.2, 0.25) is 10.0 Å². The summed E-state index contributed by atoms with van der Waals surface area (Å²) in [5, 5.41) is 0. The predicted octanol–water partition coefficient (Wildman–Crippen LogP) is 2.47. The van der Waals surface area contributed by atoms with Crippen LogP contribution in [0.2, 0.25) is 0 Å². The first-order valence-electron chi connectivity index (χ1n) is 9.71. The molecule has 1 heterocycles. The van der Waals surface area contributed by atoms with Crippen LogP contribution < -0.4 is 4.74 Å². The average molecular weight is 452 g/mol. The molecule has 7 nitrogen and oxygen atoms in total. The lowest BCUT2D eigenvalue weighted by Crippen LogP contribution is -2.51. The molecule has 0 atom stereocenters. The Morgan fingerprint density at radius 3 is 2.26 bits per heavy atom. The summed E-state index contributed by atoms with van der Waals surface area (Å²) in [7, 11) is -4.21. The van der Waals surface area contributed by atoms with Crippen molar-refractivity contribution in [1.82, 2.24) is 9.21 Å². The molecule has 10 heteroatoms. The van der Waals surface area contributed by atoms with Crippen LogP contribution in [0.25, 0.3) is 0 Å². The molecule has 1 fully saturated rings. The molecule has 2 aromatic carbocycles. The molecule has 2 aromatic rings. The first-order chi connectivity index (χ1) is 14.7. The number of nitrogens with zero attached hydrogens (tertiary/aromatic N) is 2. The highest BCUT2D eigenvalue weighted by molar-refractivity contribution is 7.89. The second-order valence-electron chi connectivity index (χ2n) is 6.95. The molecule has 0 unspecified atom stereocenters. The molecular weight excluding hydrogens is 430 g/mol. The third-order valence-corrected chi connectivity index (χ3v) is 6.88. The Kier molecular flexibility index (Phi) is 7.01. The zero-order chi connectivity index (χ0) is 22.6. The molecule has 0 spiro atoms. The van der Waals surface area contributed by atoms with Crippen LogP contribution >= 0.6 is 0 Å². The van der Waals surface area contributed by atoms with Crippen molar-refractivity contribution in [3.05, 3.63) is 59.7 Å². The molecule has 1 amide bonds. The zero-order valence-electron chi connectivity index (χ0n) is 16.9. The topological polar surface area (TPSA) is 84.0 Å². The molecule has 1 aliphatic rings. The van der Waals surface area contributed by atoms with Crippen LogP contribution in [0.5, 0.6) is 5.75 Å². The largest absolute Gasteiger partial charge is 0.484 e. The minimum atomic E-state index is -4.21. The molecule has 0 radical (unpaired) electrons. The second kappa shape index (κ2) is 9.52. The molecule has 166 valence electrons. The highest BCUT2D eigenvalue weighted by Gasteiger charge is 2.32. The van der Waals surface area contributed by atoms with Crippen LogP contribution in [0.1, 0.15) is 23.7 Å². The molecule has 1 aliphatic heterocycles. The summed E-state index contributed by atoms with van der Waals surface area (Å²) in [6.07, 6.45) is 0.395. The number of amides is 1. The van der Waals surface area contributed by atoms with Crippen LogP contribution in [-0.4, -0.2) is 62.1 Å². The number of Topliss-reactive ketones (excluding diaryl/α,β-unsaturated/α-hetero) is 1. The number of hydrogen-bond donors (Lipinski definition) is 0. The van der Waals surface area contributed by atoms with Gasteiger partial charge in [-0.1, -0.05) is 6.92 Å². The number of carbonyl (C=O) groups is 2. The maximum atomic E-state index is 13.9. The normalized spacial score (nSPS) is 15.0. The number of ketones is 1. The van der Waals surface area contributed by atoms with Gasteiger partial charge in [-0.25, -0.2) is 17.2 Å². The fraction of sp³-hybridized carbons (Fsp3) is 0.333. The van der Waals surface area contributed by atoms with Crippen molar-refractivity contribution in [2.24, 2.45) is 0 Å². The lowest BCUT2D eigenvalue weighted by molar-refractivity contribution is -0.134. The monoisotopic (exact) mass is 452 g/mol. The summed E-state index contributed by atoms with van der Waals surface area (Å²) >= 11 is 0. The van der Waals surface area contributed by atoms with E-state index in [-0.39, 0.29) is 44.5 Å². The lowest BCUT2D eigenvalue weighted by Gasteiger charge is -2.34. The van der Waals surface area contributed by atoms with Crippen LogP contribution in [-0.2, 0) is 14.8 Å². The Bertz CT molecular complexity index is 1070. The Hall–Kier alpha value is -2.85. The van der Waals surface area contributed by atoms with Crippen molar-refractivity contribution in [3.8, 4) is 5.75 Å². The molecule has 1 saturated heterocycles. The van der Waals surface area contributed by atoms with Gasteiger partial charge in [-0.2, -0.15) is 4.31 Å². The summed E-state index contributed by atoms with van der Waals surface area (Å²) in [6, 6.07) is 8.73. The standard InChI is InChI=1S/C21H22F2N2O5S/c1-2-19(26)15-3-6-17(7-4-15)30-14-21(27)24-9-11-25(12-10-24)31(28,29)20-13-16(22)5-8-18(20)23/h3-8,13H,2,9-12,14H2,1H3. The van der Waals surface area contributed by atoms with E-state index in [0.29, 0.717) is 23.8 Å². The molecule has 3 rings (SSSR count). The van der Waals surface area contributed by atoms with Crippen molar-refractivity contribution >= 4 is 21.7 Å². The predicted molar refractivity (Wildman–Crippen MR) is 108 cm³/mol. The summed E-state index contributed by atoms with van der Waals surface area (Å²) in [5.41, 5.74) is 0.563. The van der Waals surface area contributed by atoms with Crippen LogP contribution in [0, 0.1) is 11.6 Å². The summed E-state index contributed by atoms with van der Waals surface area (Å²) in [5.74, 6) is -1.77. The van der Waals surface area contributed by atoms with Crippen LogP contribution in [0.15, 0.2) is 47.4 Å². The van der Waals surface area contributed by atoms with Crippen molar-refractivity contribution in [2.45, 2.75) is 18.2 Å². The number of rotatable bonds is 7. The molecule has 31 heavy (non-hydrogen) atoms. The lowest BCUT2D eigenvalue weighted by atomic mass is 10.1. The second-order valence-corrected chi connectivity index (χ2v) is 8.86. The molecular formula is C21H22F2N2O5S. The smallest absolute Gasteiger partial charge is 0.260 e. The van der Waals surface area contributed by atoms with Crippen molar-refractivity contribution < 1.29 is 31.5 Å². The number of ether oxygens (including phenoxy) is 1. The summed E-state index contributed by atoms with van der Waals surface area (Å²) < 4.78 is 59.0. The maximum Gasteiger partial charge on any atom is 0.260 e. The number of hydrogen-bond acceptors (Lipinski definition) is 5. The molecule has 0 saturated carbocycles. The van der Waals surface area contributed by atoms with Crippen molar-refractivity contribution in [3.63, 3.8) is 0 Å². The Balaban J connectivity index is 1.55. The Morgan fingerprint density at radius 2 is 1.65 bits per heavy atom. The van der Waals surface area contributed by atoms with E-state index in [0.717, 1.165) is 16.4 Å². The van der Waals surface area contributed by atoms with Gasteiger partial charge in [0.15, 0.2) is 12.4 Å². The van der Waals surface area contributed by atoms with E-state index in [9.17, 15) is 26.8 Å². The SMILES string of the molecule is CCC(=O)c1ccc(OCC(=O)N2CCN(S(=O)(=O)c3cc(F)ccc3F)CC2)cc1. The molecule has 0 aromatic heterocycles. The van der Waals surface area contributed by atoms with E-state index in [2.05, 4.69) is 0 Å². The van der Waals surface area contributed by atoms with E-state index < -0.39 is 26.6 Å². The van der Waals surface area contributed by atoms with Crippen molar-refractivity contribution in [2.75, 3.05) is 32.8 Å². The van der Waals surface area contributed by atoms with Gasteiger partial charge >= 0.3 is 0 Å². The van der Waals surface area contributed by atoms with Gasteiger partial charge in [-0.05, 0) is 42.5 Å². The third kappa shape index (κ3) is 5.26. The van der Waals surface area contributed by atoms with E-state index in [4.69, 9.17) is 4.74 Å². The quantitative estimate of drug-likeness (QED) is 0.603. The zero-order valence-corrected chi connectivity index (χ0v) is 17.7. The minimum Gasteiger partial charge on any atom is -0.484 e. The minimum absolute atomic E-state index is 0.00794. The fourth-order valence-corrected chi connectivity index (χ4v) is 4.67. The van der Waals surface area contributed by atoms with Crippen LogP contribution in [0.3, 0.4) is 0 Å². The number of carbonyl (C=O) groups excluding carboxylic acids is 2. The summed E-state index contributed by atoms with van der Waals surface area (Å²) in [4.78, 5) is 24.7. The van der Waals surface area contributed by atoms with E-state index in [1.165, 1.54) is 4.90 Å². The van der Waals surface area contributed by atoms with Gasteiger partial charge in [-0.3, -0.25) is 9.59 Å². The number of piperazine rings is 1. The number of halogens is 2. The third-order valence-electron chi connectivity index (χ3n) is 4.96. The Labute approximate surface area is 179 Å². The van der Waals surface area contributed by atoms with E-state index in [1.54, 1.807) is 31.2 Å². The van der Waals surface area contributed by atoms with Crippen molar-refractivity contribution in [1.29, 1.82) is 0 Å². The highest BCUT2D eigenvalue weighted by Crippen LogP contribution is 2.22. The maximum absolute atomic E-state index is 13.9. The van der Waals surface area contributed by atoms with Crippen LogP contribution in [0.4, 0.5) is 8.78 Å². The first-order valence-corrected chi connectivity index (χ1v) is 11.2. The average Bonchev–Trinajstić information content (AvgIpc) is 2.78. The van der Waals surface area contributed by atoms with Gasteiger partial charge < -0.3 is 9.64 Å². The Morgan fingerprint density at radius 1 is 1.00 bits per heavy atom. The fourth-order valence-electron chi connectivity index (χ4n) is 3.17. The first kappa shape index (κ1) is 22.8. The van der Waals surface area contributed by atoms with Gasteiger partial charge in [0, 0.05) is 38.2 Å². The van der Waals surface area contributed by atoms with Gasteiger partial charge in [0.05, 0.1) is 0 Å².